The molecule has 1 fully saturated rings. The van der Waals surface area contributed by atoms with Crippen LogP contribution < -0.4 is 4.74 Å². The fraction of sp³-hybridized carbons (Fsp3) is 0.267. The minimum Gasteiger partial charge on any atom is -0.494 e. The van der Waals surface area contributed by atoms with Gasteiger partial charge in [0.2, 0.25) is 5.88 Å². The zero-order chi connectivity index (χ0) is 14.4. The molecule has 0 unspecified atom stereocenters. The van der Waals surface area contributed by atoms with Crippen LogP contribution in [0.15, 0.2) is 24.5 Å². The quantitative estimate of drug-likeness (QED) is 0.771. The molecule has 6 heteroatoms. The van der Waals surface area contributed by atoms with Crippen molar-refractivity contribution >= 4 is 10.9 Å². The molecule has 1 saturated carbocycles. The van der Waals surface area contributed by atoms with Crippen molar-refractivity contribution in [3.8, 4) is 22.8 Å². The molecule has 6 nitrogen and oxygen atoms in total. The van der Waals surface area contributed by atoms with Gasteiger partial charge in [-0.05, 0) is 30.5 Å². The molecule has 0 spiro atoms. The van der Waals surface area contributed by atoms with E-state index in [9.17, 15) is 5.11 Å². The van der Waals surface area contributed by atoms with E-state index >= 15 is 0 Å². The lowest BCUT2D eigenvalue weighted by atomic mass is 10.1. The smallest absolute Gasteiger partial charge is 0.222 e. The fourth-order valence-corrected chi connectivity index (χ4v) is 2.46. The molecule has 1 aromatic carbocycles. The lowest BCUT2D eigenvalue weighted by molar-refractivity contribution is 0.417. The number of methoxy groups -OCH3 is 1. The number of rotatable bonds is 3. The van der Waals surface area contributed by atoms with Gasteiger partial charge in [-0.1, -0.05) is 0 Å². The Morgan fingerprint density at radius 3 is 2.76 bits per heavy atom. The van der Waals surface area contributed by atoms with Crippen molar-refractivity contribution in [2.45, 2.75) is 18.8 Å². The van der Waals surface area contributed by atoms with Crippen molar-refractivity contribution in [1.29, 1.82) is 0 Å². The van der Waals surface area contributed by atoms with Gasteiger partial charge in [-0.3, -0.25) is 5.10 Å². The van der Waals surface area contributed by atoms with Crippen molar-refractivity contribution in [3.05, 3.63) is 30.4 Å². The van der Waals surface area contributed by atoms with Gasteiger partial charge >= 0.3 is 0 Å². The molecule has 2 heterocycles. The van der Waals surface area contributed by atoms with Crippen molar-refractivity contribution < 1.29 is 9.84 Å². The van der Waals surface area contributed by atoms with E-state index in [-0.39, 0.29) is 5.88 Å². The first-order valence-electron chi connectivity index (χ1n) is 6.84. The molecular weight excluding hydrogens is 268 g/mol. The zero-order valence-corrected chi connectivity index (χ0v) is 11.5. The topological polar surface area (TPSA) is 83.9 Å². The van der Waals surface area contributed by atoms with Crippen LogP contribution in [-0.2, 0) is 0 Å². The summed E-state index contributed by atoms with van der Waals surface area (Å²) in [6, 6.07) is 3.75. The third kappa shape index (κ3) is 1.99. The maximum atomic E-state index is 10.2. The van der Waals surface area contributed by atoms with Crippen LogP contribution in [0.2, 0.25) is 0 Å². The van der Waals surface area contributed by atoms with E-state index in [0.717, 1.165) is 24.0 Å². The van der Waals surface area contributed by atoms with E-state index < -0.39 is 0 Å². The molecule has 0 aliphatic heterocycles. The van der Waals surface area contributed by atoms with E-state index in [1.165, 1.54) is 0 Å². The molecule has 0 radical (unpaired) electrons. The van der Waals surface area contributed by atoms with E-state index in [1.54, 1.807) is 19.5 Å². The number of H-pyrrole nitrogens is 1. The molecule has 21 heavy (non-hydrogen) atoms. The van der Waals surface area contributed by atoms with Crippen LogP contribution in [0.4, 0.5) is 0 Å². The van der Waals surface area contributed by atoms with Gasteiger partial charge < -0.3 is 9.84 Å². The van der Waals surface area contributed by atoms with E-state index in [0.29, 0.717) is 28.4 Å². The van der Waals surface area contributed by atoms with Gasteiger partial charge in [0.05, 0.1) is 18.7 Å². The summed E-state index contributed by atoms with van der Waals surface area (Å²) in [6.45, 7) is 0. The Morgan fingerprint density at radius 2 is 2.10 bits per heavy atom. The third-order valence-electron chi connectivity index (χ3n) is 3.76. The molecule has 1 aliphatic rings. The predicted octanol–water partition coefficient (Wildman–Crippen LogP) is 2.61. The standard InChI is InChI=1S/C15H14N4O2/c1-21-12-5-9(10-6-16-17-7-10)4-11-13(12)18-14(8-2-3-8)19-15(11)20/h4-8H,2-3H2,1H3,(H,16,17)(H,18,19,20). The van der Waals surface area contributed by atoms with Crippen molar-refractivity contribution in [3.63, 3.8) is 0 Å². The van der Waals surface area contributed by atoms with Crippen LogP contribution in [0.5, 0.6) is 11.6 Å². The van der Waals surface area contributed by atoms with Gasteiger partial charge in [0, 0.05) is 17.7 Å². The molecule has 0 bridgehead atoms. The molecule has 2 N–H and O–H groups in total. The number of hydrogen-bond donors (Lipinski definition) is 2. The molecule has 106 valence electrons. The number of fused-ring (bicyclic) bond motifs is 1. The Hall–Kier alpha value is -2.63. The number of aromatic hydroxyl groups is 1. The number of benzene rings is 1. The second-order valence-electron chi connectivity index (χ2n) is 5.24. The van der Waals surface area contributed by atoms with Crippen molar-refractivity contribution in [2.75, 3.05) is 7.11 Å². The Kier molecular flexibility index (Phi) is 2.57. The average molecular weight is 282 g/mol. The summed E-state index contributed by atoms with van der Waals surface area (Å²) in [4.78, 5) is 8.80. The van der Waals surface area contributed by atoms with Gasteiger partial charge in [-0.2, -0.15) is 10.1 Å². The number of nitrogens with one attached hydrogen (secondary N) is 1. The average Bonchev–Trinajstić information content (AvgIpc) is 3.21. The molecule has 3 aromatic rings. The first-order valence-corrected chi connectivity index (χ1v) is 6.84. The maximum absolute atomic E-state index is 10.2. The minimum atomic E-state index is 0.00513. The summed E-state index contributed by atoms with van der Waals surface area (Å²) in [5.74, 6) is 1.71. The van der Waals surface area contributed by atoms with E-state index in [2.05, 4.69) is 20.2 Å². The predicted molar refractivity (Wildman–Crippen MR) is 77.3 cm³/mol. The van der Waals surface area contributed by atoms with E-state index in [1.807, 2.05) is 12.1 Å². The highest BCUT2D eigenvalue weighted by atomic mass is 16.5. The molecule has 0 atom stereocenters. The summed E-state index contributed by atoms with van der Waals surface area (Å²) in [6.07, 6.45) is 5.68. The summed E-state index contributed by atoms with van der Waals surface area (Å²) < 4.78 is 5.44. The highest BCUT2D eigenvalue weighted by Crippen LogP contribution is 2.41. The van der Waals surface area contributed by atoms with Crippen LogP contribution >= 0.6 is 0 Å². The molecule has 1 aliphatic carbocycles. The Morgan fingerprint density at radius 1 is 1.24 bits per heavy atom. The summed E-state index contributed by atoms with van der Waals surface area (Å²) in [7, 11) is 1.60. The van der Waals surface area contributed by atoms with Crippen molar-refractivity contribution in [1.82, 2.24) is 20.2 Å². The van der Waals surface area contributed by atoms with Gasteiger partial charge in [0.1, 0.15) is 17.1 Å². The lowest BCUT2D eigenvalue weighted by Crippen LogP contribution is -1.97. The van der Waals surface area contributed by atoms with Crippen LogP contribution in [0, 0.1) is 0 Å². The second-order valence-corrected chi connectivity index (χ2v) is 5.24. The van der Waals surface area contributed by atoms with Gasteiger partial charge in [-0.15, -0.1) is 0 Å². The Bertz CT molecular complexity index is 810. The number of hydrogen-bond acceptors (Lipinski definition) is 5. The monoisotopic (exact) mass is 282 g/mol. The van der Waals surface area contributed by atoms with Crippen LogP contribution in [-0.4, -0.2) is 32.4 Å². The summed E-state index contributed by atoms with van der Waals surface area (Å²) in [5.41, 5.74) is 2.46. The first kappa shape index (κ1) is 12.1. The molecular formula is C15H14N4O2. The fourth-order valence-electron chi connectivity index (χ4n) is 2.46. The maximum Gasteiger partial charge on any atom is 0.222 e. The van der Waals surface area contributed by atoms with Crippen LogP contribution in [0.3, 0.4) is 0 Å². The van der Waals surface area contributed by atoms with Gasteiger partial charge in [-0.25, -0.2) is 4.98 Å². The Labute approximate surface area is 120 Å². The lowest BCUT2D eigenvalue weighted by Gasteiger charge is -2.10. The second kappa shape index (κ2) is 4.44. The number of aromatic nitrogens is 4. The first-order chi connectivity index (χ1) is 10.3. The normalized spacial score (nSPS) is 14.5. The highest BCUT2D eigenvalue weighted by molar-refractivity contribution is 5.92. The summed E-state index contributed by atoms with van der Waals surface area (Å²) in [5, 5.41) is 17.6. The minimum absolute atomic E-state index is 0.00513. The molecule has 0 saturated heterocycles. The van der Waals surface area contributed by atoms with Crippen molar-refractivity contribution in [2.24, 2.45) is 0 Å². The van der Waals surface area contributed by atoms with E-state index in [4.69, 9.17) is 4.74 Å². The number of nitrogens with zero attached hydrogens (tertiary/aromatic N) is 3. The van der Waals surface area contributed by atoms with Crippen LogP contribution in [0.1, 0.15) is 24.6 Å². The molecule has 2 aromatic heterocycles. The third-order valence-corrected chi connectivity index (χ3v) is 3.76. The number of ether oxygens (including phenoxy) is 1. The Balaban J connectivity index is 1.97. The highest BCUT2D eigenvalue weighted by Gasteiger charge is 2.28. The van der Waals surface area contributed by atoms with Gasteiger partial charge in [0.15, 0.2) is 0 Å². The molecule has 0 amide bonds. The van der Waals surface area contributed by atoms with Crippen LogP contribution in [0.25, 0.3) is 22.0 Å². The summed E-state index contributed by atoms with van der Waals surface area (Å²) >= 11 is 0. The number of aromatic amines is 1. The molecule has 4 rings (SSSR count). The zero-order valence-electron chi connectivity index (χ0n) is 11.5. The largest absolute Gasteiger partial charge is 0.494 e. The van der Waals surface area contributed by atoms with Gasteiger partial charge in [0.25, 0.3) is 0 Å². The SMILES string of the molecule is COc1cc(-c2cn[nH]c2)cc2c(O)nc(C3CC3)nc12.